The van der Waals surface area contributed by atoms with Crippen molar-refractivity contribution in [1.29, 1.82) is 0 Å². The molecule has 0 saturated heterocycles. The first kappa shape index (κ1) is 12.3. The summed E-state index contributed by atoms with van der Waals surface area (Å²) >= 11 is 0.349. The van der Waals surface area contributed by atoms with Crippen LogP contribution in [0.1, 0.15) is 0 Å². The Labute approximate surface area is 119 Å². The first-order chi connectivity index (χ1) is 9.25. The first-order valence-electron chi connectivity index (χ1n) is 6.26. The molecule has 0 saturated carbocycles. The maximum atomic E-state index is 2.31. The van der Waals surface area contributed by atoms with Crippen LogP contribution in [0.15, 0.2) is 60.8 Å². The number of rotatable bonds is 3. The Morgan fingerprint density at radius 3 is 2.42 bits per heavy atom. The van der Waals surface area contributed by atoms with Crippen LogP contribution in [0.3, 0.4) is 0 Å². The summed E-state index contributed by atoms with van der Waals surface area (Å²) in [6.45, 7) is 0. The van der Waals surface area contributed by atoms with E-state index in [4.69, 9.17) is 0 Å². The van der Waals surface area contributed by atoms with Crippen LogP contribution >= 0.6 is 0 Å². The van der Waals surface area contributed by atoms with Crippen LogP contribution in [-0.4, -0.2) is 33.5 Å². The van der Waals surface area contributed by atoms with Crippen molar-refractivity contribution in [2.75, 3.05) is 19.0 Å². The third-order valence-electron chi connectivity index (χ3n) is 3.05. The van der Waals surface area contributed by atoms with Crippen molar-refractivity contribution in [3.8, 4) is 0 Å². The second-order valence-electron chi connectivity index (χ2n) is 4.63. The van der Waals surface area contributed by atoms with Gasteiger partial charge in [0.2, 0.25) is 0 Å². The van der Waals surface area contributed by atoms with Crippen molar-refractivity contribution in [1.82, 2.24) is 4.40 Å². The van der Waals surface area contributed by atoms with Gasteiger partial charge in [0.05, 0.1) is 0 Å². The van der Waals surface area contributed by atoms with Crippen molar-refractivity contribution in [3.05, 3.63) is 60.8 Å². The molecule has 0 atom stereocenters. The normalized spacial score (nSPS) is 10.8. The Morgan fingerprint density at radius 1 is 0.947 bits per heavy atom. The molecule has 0 amide bonds. The van der Waals surface area contributed by atoms with Gasteiger partial charge < -0.3 is 0 Å². The second kappa shape index (κ2) is 5.12. The number of aromatic nitrogens is 1. The monoisotopic (exact) mass is 316 g/mol. The zero-order chi connectivity index (χ0) is 13.2. The van der Waals surface area contributed by atoms with Gasteiger partial charge in [-0.25, -0.2) is 0 Å². The molecule has 0 unspecified atom stereocenters. The number of pyridine rings is 1. The van der Waals surface area contributed by atoms with Crippen LogP contribution in [0, 0.1) is 0 Å². The topological polar surface area (TPSA) is 7.65 Å². The fourth-order valence-corrected chi connectivity index (χ4v) is 4.21. The van der Waals surface area contributed by atoms with Crippen LogP contribution in [0.2, 0.25) is 0 Å². The number of benzene rings is 1. The minimum atomic E-state index is 0.349. The summed E-state index contributed by atoms with van der Waals surface area (Å²) in [5, 5.41) is 0. The van der Waals surface area contributed by atoms with Gasteiger partial charge >= 0.3 is 119 Å². The fraction of sp³-hybridized carbons (Fsp3) is 0.125. The maximum absolute atomic E-state index is 2.31. The Kier molecular flexibility index (Phi) is 3.32. The number of fused-ring (bicyclic) bond motifs is 1. The predicted octanol–water partition coefficient (Wildman–Crippen LogP) is 1.66. The Morgan fingerprint density at radius 2 is 1.68 bits per heavy atom. The summed E-state index contributed by atoms with van der Waals surface area (Å²) in [5.74, 6) is 1.24. The van der Waals surface area contributed by atoms with Crippen LogP contribution in [0.4, 0.5) is 5.82 Å². The third-order valence-corrected chi connectivity index (χ3v) is 5.26. The Bertz CT molecular complexity index is 686. The number of nitrogens with zero attached hydrogens (tertiary/aromatic N) is 2. The van der Waals surface area contributed by atoms with E-state index in [2.05, 4.69) is 84.2 Å². The minimum absolute atomic E-state index is 0.349. The number of hydrogen-bond donors (Lipinski definition) is 0. The first-order valence-corrected chi connectivity index (χ1v) is 7.97. The average Bonchev–Trinajstić information content (AvgIpc) is 2.79. The van der Waals surface area contributed by atoms with E-state index in [1.807, 2.05) is 0 Å². The molecule has 3 rings (SSSR count). The van der Waals surface area contributed by atoms with Gasteiger partial charge in [-0.2, -0.15) is 0 Å². The molecule has 96 valence electrons. The number of anilines is 1. The van der Waals surface area contributed by atoms with Crippen molar-refractivity contribution in [3.63, 3.8) is 0 Å². The van der Waals surface area contributed by atoms with Gasteiger partial charge in [0.15, 0.2) is 0 Å². The molecule has 3 heteroatoms. The van der Waals surface area contributed by atoms with E-state index >= 15 is 0 Å². The fourth-order valence-electron chi connectivity index (χ4n) is 2.15. The van der Waals surface area contributed by atoms with Gasteiger partial charge in [0.25, 0.3) is 0 Å². The van der Waals surface area contributed by atoms with E-state index in [0.29, 0.717) is 15.0 Å². The SMILES string of the molecule is CN(C)c1cc([Se]c2ccccc2)c2ccccn12. The summed E-state index contributed by atoms with van der Waals surface area (Å²) in [5.41, 5.74) is 1.31. The predicted molar refractivity (Wildman–Crippen MR) is 83.2 cm³/mol. The van der Waals surface area contributed by atoms with Gasteiger partial charge in [-0.1, -0.05) is 0 Å². The molecular weight excluding hydrogens is 299 g/mol. The summed E-state index contributed by atoms with van der Waals surface area (Å²) in [6.07, 6.45) is 2.13. The van der Waals surface area contributed by atoms with Gasteiger partial charge in [-0.15, -0.1) is 0 Å². The molecule has 3 aromatic rings. The molecule has 19 heavy (non-hydrogen) atoms. The van der Waals surface area contributed by atoms with E-state index in [9.17, 15) is 0 Å². The molecule has 0 aliphatic heterocycles. The summed E-state index contributed by atoms with van der Waals surface area (Å²) in [4.78, 5) is 2.16. The molecule has 0 fully saturated rings. The molecule has 0 spiro atoms. The molecular formula is C16H16N2Se. The Balaban J connectivity index is 2.09. The van der Waals surface area contributed by atoms with Crippen LogP contribution in [0.25, 0.3) is 5.52 Å². The van der Waals surface area contributed by atoms with Gasteiger partial charge in [0.1, 0.15) is 0 Å². The molecule has 1 aromatic carbocycles. The van der Waals surface area contributed by atoms with Crippen molar-refractivity contribution in [2.24, 2.45) is 0 Å². The summed E-state index contributed by atoms with van der Waals surface area (Å²) in [7, 11) is 4.18. The zero-order valence-corrected chi connectivity index (χ0v) is 12.8. The van der Waals surface area contributed by atoms with Gasteiger partial charge in [-0.3, -0.25) is 0 Å². The molecule has 0 aliphatic carbocycles. The van der Waals surface area contributed by atoms with Crippen molar-refractivity contribution < 1.29 is 0 Å². The number of hydrogen-bond acceptors (Lipinski definition) is 1. The zero-order valence-electron chi connectivity index (χ0n) is 11.1. The van der Waals surface area contributed by atoms with Gasteiger partial charge in [-0.05, 0) is 0 Å². The van der Waals surface area contributed by atoms with Gasteiger partial charge in [0, 0.05) is 0 Å². The van der Waals surface area contributed by atoms with E-state index < -0.39 is 0 Å². The van der Waals surface area contributed by atoms with Crippen LogP contribution in [0.5, 0.6) is 0 Å². The molecule has 2 nitrogen and oxygen atoms in total. The summed E-state index contributed by atoms with van der Waals surface area (Å²) in [6, 6.07) is 19.4. The van der Waals surface area contributed by atoms with E-state index in [1.54, 1.807) is 0 Å². The van der Waals surface area contributed by atoms with E-state index in [0.717, 1.165) is 0 Å². The molecule has 0 radical (unpaired) electrons. The summed E-state index contributed by atoms with van der Waals surface area (Å²) < 4.78 is 5.11. The van der Waals surface area contributed by atoms with E-state index in [1.165, 1.54) is 20.3 Å². The molecule has 0 N–H and O–H groups in total. The van der Waals surface area contributed by atoms with Crippen LogP contribution in [-0.2, 0) is 0 Å². The standard InChI is InChI=1S/C16H16N2Se/c1-17(2)16-12-15(14-10-6-7-11-18(14)16)19-13-8-4-3-5-9-13/h3-12H,1-2H3. The quantitative estimate of drug-likeness (QED) is 0.667. The van der Waals surface area contributed by atoms with Crippen molar-refractivity contribution in [2.45, 2.75) is 0 Å². The molecule has 0 aliphatic rings. The van der Waals surface area contributed by atoms with Crippen LogP contribution < -0.4 is 13.8 Å². The Hall–Kier alpha value is -1.70. The molecule has 0 bridgehead atoms. The molecule has 2 heterocycles. The van der Waals surface area contributed by atoms with Crippen molar-refractivity contribution >= 4 is 35.2 Å². The van der Waals surface area contributed by atoms with E-state index in [-0.39, 0.29) is 0 Å². The third kappa shape index (κ3) is 2.40. The average molecular weight is 315 g/mol. The second-order valence-corrected chi connectivity index (χ2v) is 6.97. The molecule has 2 aromatic heterocycles.